The van der Waals surface area contributed by atoms with Gasteiger partial charge in [0.1, 0.15) is 5.75 Å². The number of methoxy groups -OCH3 is 1. The van der Waals surface area contributed by atoms with E-state index in [1.54, 1.807) is 18.4 Å². The second-order valence-electron chi connectivity index (χ2n) is 5.12. The van der Waals surface area contributed by atoms with Crippen molar-refractivity contribution < 1.29 is 4.74 Å². The van der Waals surface area contributed by atoms with Crippen molar-refractivity contribution in [2.75, 3.05) is 27.7 Å². The lowest BCUT2D eigenvalue weighted by Gasteiger charge is -2.22. The van der Waals surface area contributed by atoms with Gasteiger partial charge in [-0.25, -0.2) is 0 Å². The maximum Gasteiger partial charge on any atom is 0.193 e. The number of likely N-dealkylation sites (N-methyl/N-ethyl adjacent to an activating group) is 1. The van der Waals surface area contributed by atoms with Crippen LogP contribution in [0.2, 0.25) is 0 Å². The maximum absolute atomic E-state index is 5.25. The summed E-state index contributed by atoms with van der Waals surface area (Å²) in [5.74, 6) is 1.74. The summed E-state index contributed by atoms with van der Waals surface area (Å²) in [6.07, 6.45) is 1.03. The number of rotatable bonds is 6. The molecule has 4 nitrogen and oxygen atoms in total. The fourth-order valence-corrected chi connectivity index (χ4v) is 3.51. The summed E-state index contributed by atoms with van der Waals surface area (Å²) < 4.78 is 6.21. The molecule has 0 fully saturated rings. The van der Waals surface area contributed by atoms with Gasteiger partial charge < -0.3 is 15.0 Å². The van der Waals surface area contributed by atoms with E-state index in [1.807, 2.05) is 13.1 Å². The molecule has 1 heterocycles. The van der Waals surface area contributed by atoms with Crippen LogP contribution in [0.5, 0.6) is 5.75 Å². The average molecular weight is 396 g/mol. The van der Waals surface area contributed by atoms with Crippen molar-refractivity contribution in [1.29, 1.82) is 0 Å². The Kier molecular flexibility index (Phi) is 6.92. The molecule has 0 saturated heterocycles. The molecule has 124 valence electrons. The van der Waals surface area contributed by atoms with Crippen LogP contribution in [-0.4, -0.2) is 38.6 Å². The van der Waals surface area contributed by atoms with Crippen LogP contribution in [0.25, 0.3) is 0 Å². The quantitative estimate of drug-likeness (QED) is 0.597. The van der Waals surface area contributed by atoms with Gasteiger partial charge in [-0.2, -0.15) is 0 Å². The van der Waals surface area contributed by atoms with E-state index in [9.17, 15) is 0 Å². The van der Waals surface area contributed by atoms with Gasteiger partial charge in [0.15, 0.2) is 5.96 Å². The monoisotopic (exact) mass is 395 g/mol. The van der Waals surface area contributed by atoms with Crippen LogP contribution in [0.4, 0.5) is 0 Å². The summed E-state index contributed by atoms with van der Waals surface area (Å²) in [5, 5.41) is 5.51. The molecule has 0 aliphatic carbocycles. The number of nitrogens with one attached hydrogen (secondary N) is 1. The predicted octanol–water partition coefficient (Wildman–Crippen LogP) is 3.77. The molecule has 1 N–H and O–H groups in total. The summed E-state index contributed by atoms with van der Waals surface area (Å²) in [6, 6.07) is 10.3. The van der Waals surface area contributed by atoms with Gasteiger partial charge in [0.25, 0.3) is 0 Å². The lowest BCUT2D eigenvalue weighted by Crippen LogP contribution is -2.39. The van der Waals surface area contributed by atoms with E-state index < -0.39 is 0 Å². The smallest absolute Gasteiger partial charge is 0.193 e. The molecule has 1 aromatic heterocycles. The molecule has 0 amide bonds. The fraction of sp³-hybridized carbons (Fsp3) is 0.353. The van der Waals surface area contributed by atoms with Crippen LogP contribution in [0.1, 0.15) is 10.4 Å². The molecule has 0 spiro atoms. The Balaban J connectivity index is 1.87. The lowest BCUT2D eigenvalue weighted by molar-refractivity contribution is 0.412. The number of guanidine groups is 1. The van der Waals surface area contributed by atoms with Gasteiger partial charge in [0.2, 0.25) is 0 Å². The van der Waals surface area contributed by atoms with Gasteiger partial charge in [0, 0.05) is 32.1 Å². The minimum atomic E-state index is 0.721. The van der Waals surface area contributed by atoms with E-state index in [0.29, 0.717) is 0 Å². The second kappa shape index (κ2) is 8.93. The molecule has 0 unspecified atom stereocenters. The van der Waals surface area contributed by atoms with Crippen molar-refractivity contribution in [1.82, 2.24) is 10.2 Å². The lowest BCUT2D eigenvalue weighted by atomic mass is 10.2. The van der Waals surface area contributed by atoms with Gasteiger partial charge in [-0.05, 0) is 51.5 Å². The highest BCUT2D eigenvalue weighted by Crippen LogP contribution is 2.25. The summed E-state index contributed by atoms with van der Waals surface area (Å²) in [7, 11) is 5.54. The Morgan fingerprint density at radius 1 is 1.39 bits per heavy atom. The highest BCUT2D eigenvalue weighted by Gasteiger charge is 2.07. The normalized spacial score (nSPS) is 11.4. The topological polar surface area (TPSA) is 36.9 Å². The fourth-order valence-electron chi connectivity index (χ4n) is 2.22. The van der Waals surface area contributed by atoms with Gasteiger partial charge in [-0.15, -0.1) is 11.3 Å². The first-order valence-electron chi connectivity index (χ1n) is 7.40. The van der Waals surface area contributed by atoms with Crippen molar-refractivity contribution in [3.05, 3.63) is 50.6 Å². The number of halogens is 1. The van der Waals surface area contributed by atoms with Crippen LogP contribution in [-0.2, 0) is 13.0 Å². The molecule has 23 heavy (non-hydrogen) atoms. The molecule has 6 heteroatoms. The van der Waals surface area contributed by atoms with Crippen molar-refractivity contribution in [3.63, 3.8) is 0 Å². The highest BCUT2D eigenvalue weighted by molar-refractivity contribution is 9.10. The third kappa shape index (κ3) is 5.25. The Labute approximate surface area is 150 Å². The maximum atomic E-state index is 5.25. The van der Waals surface area contributed by atoms with Crippen LogP contribution in [0, 0.1) is 0 Å². The Bertz CT molecular complexity index is 643. The minimum Gasteiger partial charge on any atom is -0.496 e. The molecule has 0 aliphatic heterocycles. The largest absolute Gasteiger partial charge is 0.496 e. The Hall–Kier alpha value is -1.53. The summed E-state index contributed by atoms with van der Waals surface area (Å²) in [6.45, 7) is 1.66. The molecule has 0 bridgehead atoms. The molecule has 0 atom stereocenters. The number of ether oxygens (including phenoxy) is 1. The van der Waals surface area contributed by atoms with Gasteiger partial charge in [0.05, 0.1) is 11.6 Å². The Morgan fingerprint density at radius 2 is 2.22 bits per heavy atom. The molecule has 0 aliphatic rings. The summed E-state index contributed by atoms with van der Waals surface area (Å²) >= 11 is 5.31. The van der Waals surface area contributed by atoms with E-state index >= 15 is 0 Å². The van der Waals surface area contributed by atoms with E-state index in [1.165, 1.54) is 10.4 Å². The van der Waals surface area contributed by atoms with E-state index in [0.717, 1.165) is 35.7 Å². The third-order valence-corrected chi connectivity index (χ3v) is 5.07. The zero-order valence-electron chi connectivity index (χ0n) is 13.7. The molecule has 2 rings (SSSR count). The highest BCUT2D eigenvalue weighted by atomic mass is 79.9. The average Bonchev–Trinajstić information content (AvgIpc) is 3.07. The molecule has 1 aromatic carbocycles. The molecular weight excluding hydrogens is 374 g/mol. The van der Waals surface area contributed by atoms with Crippen molar-refractivity contribution in [2.45, 2.75) is 13.0 Å². The van der Waals surface area contributed by atoms with Crippen molar-refractivity contribution >= 4 is 33.2 Å². The van der Waals surface area contributed by atoms with E-state index in [-0.39, 0.29) is 0 Å². The van der Waals surface area contributed by atoms with Gasteiger partial charge >= 0.3 is 0 Å². The number of hydrogen-bond donors (Lipinski definition) is 1. The summed E-state index contributed by atoms with van der Waals surface area (Å²) in [4.78, 5) is 7.90. The predicted molar refractivity (Wildman–Crippen MR) is 102 cm³/mol. The SMILES string of the molecule is CN=C(NCc1ccc(OC)c(Br)c1)N(C)CCc1cccs1. The first-order valence-corrected chi connectivity index (χ1v) is 9.08. The molecular formula is C17H22BrN3OS. The minimum absolute atomic E-state index is 0.721. The molecule has 2 aromatic rings. The van der Waals surface area contributed by atoms with E-state index in [2.05, 4.69) is 67.8 Å². The van der Waals surface area contributed by atoms with E-state index in [4.69, 9.17) is 4.74 Å². The zero-order valence-corrected chi connectivity index (χ0v) is 16.1. The first-order chi connectivity index (χ1) is 11.1. The number of hydrogen-bond acceptors (Lipinski definition) is 3. The van der Waals surface area contributed by atoms with Crippen LogP contribution < -0.4 is 10.1 Å². The molecule has 0 saturated carbocycles. The number of thiophene rings is 1. The van der Waals surface area contributed by atoms with Crippen LogP contribution in [0.15, 0.2) is 45.2 Å². The second-order valence-corrected chi connectivity index (χ2v) is 7.01. The van der Waals surface area contributed by atoms with Gasteiger partial charge in [-0.1, -0.05) is 12.1 Å². The third-order valence-electron chi connectivity index (χ3n) is 3.51. The first kappa shape index (κ1) is 17.8. The molecule has 0 radical (unpaired) electrons. The van der Waals surface area contributed by atoms with Crippen molar-refractivity contribution in [2.24, 2.45) is 4.99 Å². The van der Waals surface area contributed by atoms with Gasteiger partial charge in [-0.3, -0.25) is 4.99 Å². The van der Waals surface area contributed by atoms with Crippen LogP contribution in [0.3, 0.4) is 0 Å². The number of aliphatic imine (C=N–C) groups is 1. The van der Waals surface area contributed by atoms with Crippen LogP contribution >= 0.6 is 27.3 Å². The standard InChI is InChI=1S/C17H22BrN3OS/c1-19-17(21(2)9-8-14-5-4-10-23-14)20-12-13-6-7-16(22-3)15(18)11-13/h4-7,10-11H,8-9,12H2,1-3H3,(H,19,20). The zero-order chi connectivity index (χ0) is 16.7. The van der Waals surface area contributed by atoms with Crippen molar-refractivity contribution in [3.8, 4) is 5.75 Å². The summed E-state index contributed by atoms with van der Waals surface area (Å²) in [5.41, 5.74) is 1.17. The number of benzene rings is 1. The Morgan fingerprint density at radius 3 is 2.83 bits per heavy atom. The number of nitrogens with zero attached hydrogens (tertiary/aromatic N) is 2.